The summed E-state index contributed by atoms with van der Waals surface area (Å²) in [5.74, 6) is -0.213. The minimum absolute atomic E-state index is 0.116. The fourth-order valence-electron chi connectivity index (χ4n) is 2.39. The van der Waals surface area contributed by atoms with Crippen LogP contribution in [0.25, 0.3) is 0 Å². The molecule has 2 unspecified atom stereocenters. The van der Waals surface area contributed by atoms with Gasteiger partial charge in [-0.15, -0.1) is 0 Å². The second kappa shape index (κ2) is 3.70. The van der Waals surface area contributed by atoms with Crippen LogP contribution in [0.15, 0.2) is 0 Å². The van der Waals surface area contributed by atoms with Crippen molar-refractivity contribution in [2.75, 3.05) is 0 Å². The van der Waals surface area contributed by atoms with Crippen LogP contribution in [0.1, 0.15) is 26.2 Å². The molecule has 3 N–H and O–H groups in total. The third-order valence-electron chi connectivity index (χ3n) is 3.51. The minimum Gasteiger partial charge on any atom is -0.480 e. The van der Waals surface area contributed by atoms with Crippen molar-refractivity contribution in [3.8, 4) is 0 Å². The number of aliphatic carboxylic acids is 1. The fourth-order valence-corrected chi connectivity index (χ4v) is 2.39. The van der Waals surface area contributed by atoms with Crippen LogP contribution in [0.3, 0.4) is 0 Å². The maximum absolute atomic E-state index is 11.0. The Balaban J connectivity index is 2.69. The van der Waals surface area contributed by atoms with Gasteiger partial charge in [-0.1, -0.05) is 19.7 Å². The largest absolute Gasteiger partial charge is 0.480 e. The molecule has 0 spiro atoms. The van der Waals surface area contributed by atoms with Gasteiger partial charge in [0.25, 0.3) is 0 Å². The van der Waals surface area contributed by atoms with Gasteiger partial charge >= 0.3 is 5.97 Å². The molecule has 0 saturated heterocycles. The Kier molecular flexibility index (Phi) is 3.01. The molecule has 1 rings (SSSR count). The van der Waals surface area contributed by atoms with Gasteiger partial charge < -0.3 is 10.8 Å². The van der Waals surface area contributed by atoms with Gasteiger partial charge in [0, 0.05) is 0 Å². The number of rotatable bonds is 3. The predicted octanol–water partition coefficient (Wildman–Crippen LogP) is 0.256. The first-order valence-electron chi connectivity index (χ1n) is 5.04. The van der Waals surface area contributed by atoms with Crippen LogP contribution in [0, 0.1) is 11.8 Å². The van der Waals surface area contributed by atoms with Gasteiger partial charge in [-0.05, 0) is 24.7 Å². The average Bonchev–Trinajstić information content (AvgIpc) is 2.35. The van der Waals surface area contributed by atoms with E-state index in [4.69, 9.17) is 10.8 Å². The Morgan fingerprint density at radius 2 is 2.38 bits per heavy atom. The zero-order valence-corrected chi connectivity index (χ0v) is 8.42. The highest BCUT2D eigenvalue weighted by Crippen LogP contribution is 2.40. The molecule has 1 saturated carbocycles. The van der Waals surface area contributed by atoms with E-state index in [1.165, 1.54) is 0 Å². The maximum atomic E-state index is 11.0. The number of hydrogen-bond donors (Lipinski definition) is 2. The van der Waals surface area contributed by atoms with Gasteiger partial charge in [-0.25, -0.2) is 0 Å². The third-order valence-corrected chi connectivity index (χ3v) is 3.51. The minimum atomic E-state index is -0.958. The van der Waals surface area contributed by atoms with Crippen molar-refractivity contribution >= 4 is 13.8 Å². The Morgan fingerprint density at radius 1 is 1.77 bits per heavy atom. The molecule has 3 atom stereocenters. The van der Waals surface area contributed by atoms with Crippen LogP contribution in [0.4, 0.5) is 0 Å². The lowest BCUT2D eigenvalue weighted by molar-refractivity contribution is -0.144. The number of hydrogen-bond acceptors (Lipinski definition) is 2. The highest BCUT2D eigenvalue weighted by Gasteiger charge is 2.47. The first-order valence-corrected chi connectivity index (χ1v) is 5.04. The predicted molar refractivity (Wildman–Crippen MR) is 54.4 cm³/mol. The molecule has 1 fully saturated rings. The van der Waals surface area contributed by atoms with Crippen molar-refractivity contribution in [1.82, 2.24) is 0 Å². The highest BCUT2D eigenvalue weighted by molar-refractivity contribution is 6.08. The lowest BCUT2D eigenvalue weighted by Crippen LogP contribution is -2.51. The van der Waals surface area contributed by atoms with Crippen molar-refractivity contribution in [1.29, 1.82) is 0 Å². The van der Waals surface area contributed by atoms with Gasteiger partial charge in [0.05, 0.1) is 0 Å². The molecular formula is C9H18BNO2. The summed E-state index contributed by atoms with van der Waals surface area (Å²) < 4.78 is 0. The number of nitrogens with two attached hydrogens (primary N) is 1. The molecular weight excluding hydrogens is 165 g/mol. The molecule has 74 valence electrons. The van der Waals surface area contributed by atoms with Gasteiger partial charge in [0.15, 0.2) is 0 Å². The quantitative estimate of drug-likeness (QED) is 0.616. The first-order chi connectivity index (χ1) is 6.02. The Labute approximate surface area is 80.1 Å². The van der Waals surface area contributed by atoms with Crippen molar-refractivity contribution < 1.29 is 9.90 Å². The Bertz CT molecular complexity index is 210. The average molecular weight is 183 g/mol. The molecule has 4 heteroatoms. The number of carboxylic acid groups (broad SMARTS) is 1. The summed E-state index contributed by atoms with van der Waals surface area (Å²) in [6.07, 6.45) is 3.82. The molecule has 1 aliphatic rings. The van der Waals surface area contributed by atoms with Crippen molar-refractivity contribution in [3.63, 3.8) is 0 Å². The van der Waals surface area contributed by atoms with Crippen molar-refractivity contribution in [2.24, 2.45) is 17.6 Å². The normalized spacial score (nSPS) is 39.2. The molecule has 13 heavy (non-hydrogen) atoms. The van der Waals surface area contributed by atoms with E-state index in [-0.39, 0.29) is 5.92 Å². The second-order valence-electron chi connectivity index (χ2n) is 4.22. The molecule has 0 aliphatic heterocycles. The van der Waals surface area contributed by atoms with E-state index in [0.29, 0.717) is 12.3 Å². The number of carboxylic acids is 1. The highest BCUT2D eigenvalue weighted by atomic mass is 16.4. The van der Waals surface area contributed by atoms with E-state index >= 15 is 0 Å². The molecule has 1 aliphatic carbocycles. The summed E-state index contributed by atoms with van der Waals surface area (Å²) in [5.41, 5.74) is 4.91. The zero-order valence-electron chi connectivity index (χ0n) is 8.42. The van der Waals surface area contributed by atoms with Gasteiger partial charge in [-0.3, -0.25) is 4.79 Å². The van der Waals surface area contributed by atoms with E-state index in [0.717, 1.165) is 19.2 Å². The van der Waals surface area contributed by atoms with Crippen molar-refractivity contribution in [2.45, 2.75) is 38.0 Å². The molecule has 0 aromatic heterocycles. The Morgan fingerprint density at radius 3 is 2.77 bits per heavy atom. The summed E-state index contributed by atoms with van der Waals surface area (Å²) in [6.45, 7) is 1.97. The van der Waals surface area contributed by atoms with Gasteiger partial charge in [0.2, 0.25) is 0 Å². The van der Waals surface area contributed by atoms with Crippen LogP contribution in [0.2, 0.25) is 6.32 Å². The van der Waals surface area contributed by atoms with E-state index in [1.54, 1.807) is 0 Å². The first kappa shape index (κ1) is 10.6. The monoisotopic (exact) mass is 183 g/mol. The topological polar surface area (TPSA) is 63.3 Å². The molecule has 0 bridgehead atoms. The van der Waals surface area contributed by atoms with Crippen molar-refractivity contribution in [3.05, 3.63) is 0 Å². The molecule has 0 aromatic carbocycles. The smallest absolute Gasteiger partial charge is 0.323 e. The molecule has 0 heterocycles. The standard InChI is InChI=1S/C9H18BNO2/c1-6-7(3-5-10)2-4-9(6,11)8(12)13/h6-7H,2-5,10-11H2,1H3,(H,12,13)/t6?,7-,9?/m0/s1. The van der Waals surface area contributed by atoms with E-state index in [1.807, 2.05) is 6.92 Å². The fraction of sp³-hybridized carbons (Fsp3) is 0.889. The van der Waals surface area contributed by atoms with Gasteiger partial charge in [0.1, 0.15) is 13.4 Å². The summed E-state index contributed by atoms with van der Waals surface area (Å²) in [7, 11) is 2.13. The summed E-state index contributed by atoms with van der Waals surface area (Å²) in [4.78, 5) is 11.0. The van der Waals surface area contributed by atoms with E-state index in [2.05, 4.69) is 7.85 Å². The van der Waals surface area contributed by atoms with Crippen LogP contribution in [-0.4, -0.2) is 24.5 Å². The molecule has 0 radical (unpaired) electrons. The maximum Gasteiger partial charge on any atom is 0.323 e. The lowest BCUT2D eigenvalue weighted by Gasteiger charge is -2.26. The van der Waals surface area contributed by atoms with Crippen LogP contribution < -0.4 is 5.73 Å². The second-order valence-corrected chi connectivity index (χ2v) is 4.22. The summed E-state index contributed by atoms with van der Waals surface area (Å²) in [5, 5.41) is 9.00. The van der Waals surface area contributed by atoms with Crippen LogP contribution >= 0.6 is 0 Å². The Hall–Kier alpha value is -0.505. The molecule has 0 amide bonds. The van der Waals surface area contributed by atoms with Crippen LogP contribution in [0.5, 0.6) is 0 Å². The molecule has 0 aromatic rings. The zero-order chi connectivity index (χ0) is 10.1. The van der Waals surface area contributed by atoms with Crippen LogP contribution in [-0.2, 0) is 4.79 Å². The lowest BCUT2D eigenvalue weighted by atomic mass is 9.81. The van der Waals surface area contributed by atoms with E-state index < -0.39 is 11.5 Å². The molecule has 3 nitrogen and oxygen atoms in total. The van der Waals surface area contributed by atoms with Gasteiger partial charge in [-0.2, -0.15) is 0 Å². The summed E-state index contributed by atoms with van der Waals surface area (Å²) in [6, 6.07) is 0. The van der Waals surface area contributed by atoms with E-state index in [9.17, 15) is 4.79 Å². The SMILES string of the molecule is BCC[C@@H]1CCC(N)(C(=O)O)C1C. The third kappa shape index (κ3) is 1.73. The number of carbonyl (C=O) groups is 1. The summed E-state index contributed by atoms with van der Waals surface area (Å²) >= 11 is 0.